The normalized spacial score (nSPS) is 16.6. The smallest absolute Gasteiger partial charge is 0.267 e. The Hall–Kier alpha value is -1.99. The molecule has 1 atom stereocenters. The molecule has 0 saturated carbocycles. The van der Waals surface area contributed by atoms with Crippen LogP contribution in [0.5, 0.6) is 0 Å². The third kappa shape index (κ3) is 3.85. The van der Waals surface area contributed by atoms with E-state index < -0.39 is 11.2 Å². The van der Waals surface area contributed by atoms with Crippen LogP contribution in [0.25, 0.3) is 15.9 Å². The van der Waals surface area contributed by atoms with Gasteiger partial charge in [-0.15, -0.1) is 11.3 Å². The van der Waals surface area contributed by atoms with Crippen molar-refractivity contribution in [3.63, 3.8) is 0 Å². The van der Waals surface area contributed by atoms with E-state index in [1.165, 1.54) is 27.3 Å². The monoisotopic (exact) mass is 444 g/mol. The lowest BCUT2D eigenvalue weighted by Gasteiger charge is -2.18. The van der Waals surface area contributed by atoms with Crippen LogP contribution >= 0.6 is 23.1 Å². The third-order valence-corrected chi connectivity index (χ3v) is 7.65. The SMILES string of the molecule is CC1CCc2c(sc3nc(SCC(=O)C(C)(C)C)n(-c4ccccc4F)c(=O)c23)C1. The molecule has 0 radical (unpaired) electrons. The van der Waals surface area contributed by atoms with E-state index in [-0.39, 0.29) is 22.8 Å². The second-order valence-corrected chi connectivity index (χ2v) is 11.0. The van der Waals surface area contributed by atoms with Gasteiger partial charge in [0.05, 0.1) is 16.8 Å². The van der Waals surface area contributed by atoms with Crippen molar-refractivity contribution >= 4 is 39.1 Å². The molecular weight excluding hydrogens is 419 g/mol. The van der Waals surface area contributed by atoms with E-state index in [9.17, 15) is 14.0 Å². The van der Waals surface area contributed by atoms with Gasteiger partial charge in [0.2, 0.25) is 0 Å². The minimum Gasteiger partial charge on any atom is -0.298 e. The molecule has 2 heterocycles. The summed E-state index contributed by atoms with van der Waals surface area (Å²) in [7, 11) is 0. The number of hydrogen-bond acceptors (Lipinski definition) is 5. The quantitative estimate of drug-likeness (QED) is 0.398. The van der Waals surface area contributed by atoms with Gasteiger partial charge in [0.15, 0.2) is 5.16 Å². The van der Waals surface area contributed by atoms with Gasteiger partial charge in [-0.25, -0.2) is 9.37 Å². The van der Waals surface area contributed by atoms with Crippen molar-refractivity contribution in [1.82, 2.24) is 9.55 Å². The van der Waals surface area contributed by atoms with E-state index in [2.05, 4.69) is 6.92 Å². The first-order valence-corrected chi connectivity index (χ1v) is 12.0. The molecule has 2 aromatic heterocycles. The maximum atomic E-state index is 14.7. The zero-order valence-electron chi connectivity index (χ0n) is 17.6. The lowest BCUT2D eigenvalue weighted by Crippen LogP contribution is -2.25. The lowest BCUT2D eigenvalue weighted by atomic mass is 9.89. The molecule has 1 aromatic carbocycles. The third-order valence-electron chi connectivity index (χ3n) is 5.56. The number of halogens is 1. The number of fused-ring (bicyclic) bond motifs is 3. The van der Waals surface area contributed by atoms with Crippen LogP contribution in [0.3, 0.4) is 0 Å². The Morgan fingerprint density at radius 2 is 2.07 bits per heavy atom. The second-order valence-electron chi connectivity index (χ2n) is 8.98. The molecule has 0 spiro atoms. The van der Waals surface area contributed by atoms with E-state index in [1.807, 2.05) is 20.8 Å². The lowest BCUT2D eigenvalue weighted by molar-refractivity contribution is -0.123. The van der Waals surface area contributed by atoms with Crippen molar-refractivity contribution in [3.8, 4) is 5.69 Å². The number of Topliss-reactive ketones (excluding diaryl/α,β-unsaturated/α-hetero) is 1. The highest BCUT2D eigenvalue weighted by Crippen LogP contribution is 2.37. The van der Waals surface area contributed by atoms with Gasteiger partial charge in [0, 0.05) is 10.3 Å². The summed E-state index contributed by atoms with van der Waals surface area (Å²) in [5, 5.41) is 0.971. The molecule has 3 aromatic rings. The molecule has 1 aliphatic carbocycles. The minimum absolute atomic E-state index is 0.0567. The summed E-state index contributed by atoms with van der Waals surface area (Å²) in [5.74, 6) is 0.333. The Morgan fingerprint density at radius 1 is 1.33 bits per heavy atom. The fourth-order valence-electron chi connectivity index (χ4n) is 3.66. The fraction of sp³-hybridized carbons (Fsp3) is 0.435. The Morgan fingerprint density at radius 3 is 2.77 bits per heavy atom. The summed E-state index contributed by atoms with van der Waals surface area (Å²) in [5.41, 5.74) is 0.505. The van der Waals surface area contributed by atoms with Crippen molar-refractivity contribution in [1.29, 1.82) is 0 Å². The van der Waals surface area contributed by atoms with Crippen LogP contribution in [-0.4, -0.2) is 21.1 Å². The summed E-state index contributed by atoms with van der Waals surface area (Å²) in [6.07, 6.45) is 2.83. The molecule has 0 N–H and O–H groups in total. The van der Waals surface area contributed by atoms with Crippen LogP contribution in [-0.2, 0) is 17.6 Å². The number of thiophene rings is 1. The number of rotatable bonds is 4. The number of carbonyl (C=O) groups is 1. The second kappa shape index (κ2) is 7.93. The Bertz CT molecular complexity index is 1190. The first-order valence-electron chi connectivity index (χ1n) is 10.1. The van der Waals surface area contributed by atoms with Crippen molar-refractivity contribution in [2.45, 2.75) is 52.1 Å². The van der Waals surface area contributed by atoms with Crippen molar-refractivity contribution < 1.29 is 9.18 Å². The maximum absolute atomic E-state index is 14.7. The number of hydrogen-bond donors (Lipinski definition) is 0. The molecule has 4 rings (SSSR count). The van der Waals surface area contributed by atoms with E-state index >= 15 is 0 Å². The van der Waals surface area contributed by atoms with E-state index in [0.29, 0.717) is 21.3 Å². The van der Waals surface area contributed by atoms with Gasteiger partial charge in [0.1, 0.15) is 16.4 Å². The Labute approximate surface area is 183 Å². The first-order chi connectivity index (χ1) is 14.2. The van der Waals surface area contributed by atoms with Crippen LogP contribution < -0.4 is 5.56 Å². The summed E-state index contributed by atoms with van der Waals surface area (Å²) in [6, 6.07) is 6.22. The predicted molar refractivity (Wildman–Crippen MR) is 122 cm³/mol. The summed E-state index contributed by atoms with van der Waals surface area (Å²) >= 11 is 2.77. The van der Waals surface area contributed by atoms with Gasteiger partial charge in [-0.2, -0.15) is 0 Å². The number of aromatic nitrogens is 2. The molecule has 0 bridgehead atoms. The highest BCUT2D eigenvalue weighted by molar-refractivity contribution is 7.99. The van der Waals surface area contributed by atoms with E-state index in [1.54, 1.807) is 29.5 Å². The summed E-state index contributed by atoms with van der Waals surface area (Å²) < 4.78 is 16.0. The molecule has 1 aliphatic rings. The standard InChI is InChI=1S/C23H25FN2O2S2/c1-13-9-10-14-17(11-13)30-20-19(14)21(28)26(16-8-6-5-7-15(16)24)22(25-20)29-12-18(27)23(2,3)4/h5-8,13H,9-12H2,1-4H3. The Balaban J connectivity index is 1.91. The average Bonchev–Trinajstić information content (AvgIpc) is 3.03. The molecule has 30 heavy (non-hydrogen) atoms. The molecule has 7 heteroatoms. The van der Waals surface area contributed by atoms with Crippen molar-refractivity contribution in [3.05, 3.63) is 50.9 Å². The average molecular weight is 445 g/mol. The summed E-state index contributed by atoms with van der Waals surface area (Å²) in [4.78, 5) is 32.8. The van der Waals surface area contributed by atoms with Crippen LogP contribution in [0.1, 0.15) is 44.6 Å². The number of thioether (sulfide) groups is 1. The summed E-state index contributed by atoms with van der Waals surface area (Å²) in [6.45, 7) is 7.82. The number of nitrogens with zero attached hydrogens (tertiary/aromatic N) is 2. The van der Waals surface area contributed by atoms with Crippen molar-refractivity contribution in [2.24, 2.45) is 11.3 Å². The first kappa shape index (κ1) is 21.2. The maximum Gasteiger partial charge on any atom is 0.267 e. The van der Waals surface area contributed by atoms with Crippen LogP contribution in [0.15, 0.2) is 34.2 Å². The van der Waals surface area contributed by atoms with Gasteiger partial charge >= 0.3 is 0 Å². The van der Waals surface area contributed by atoms with Gasteiger partial charge in [-0.1, -0.05) is 51.6 Å². The van der Waals surface area contributed by atoms with Gasteiger partial charge < -0.3 is 0 Å². The molecule has 0 aliphatic heterocycles. The van der Waals surface area contributed by atoms with Gasteiger partial charge in [0.25, 0.3) is 5.56 Å². The Kier molecular flexibility index (Phi) is 5.62. The predicted octanol–water partition coefficient (Wildman–Crippen LogP) is 5.42. The van der Waals surface area contributed by atoms with Crippen LogP contribution in [0.2, 0.25) is 0 Å². The zero-order chi connectivity index (χ0) is 21.6. The highest BCUT2D eigenvalue weighted by Gasteiger charge is 2.27. The number of aryl methyl sites for hydroxylation is 1. The van der Waals surface area contributed by atoms with E-state index in [0.717, 1.165) is 24.8 Å². The minimum atomic E-state index is -0.488. The van der Waals surface area contributed by atoms with Crippen LogP contribution in [0, 0.1) is 17.2 Å². The molecule has 0 saturated heterocycles. The molecule has 4 nitrogen and oxygen atoms in total. The molecular formula is C23H25FN2O2S2. The molecule has 1 unspecified atom stereocenters. The van der Waals surface area contributed by atoms with Crippen LogP contribution in [0.4, 0.5) is 4.39 Å². The topological polar surface area (TPSA) is 52.0 Å². The zero-order valence-corrected chi connectivity index (χ0v) is 19.3. The number of ketones is 1. The number of benzene rings is 1. The van der Waals surface area contributed by atoms with Gasteiger partial charge in [-0.05, 0) is 42.9 Å². The molecule has 0 amide bonds. The molecule has 0 fully saturated rings. The largest absolute Gasteiger partial charge is 0.298 e. The van der Waals surface area contributed by atoms with E-state index in [4.69, 9.17) is 4.98 Å². The fourth-order valence-corrected chi connectivity index (χ4v) is 6.25. The van der Waals surface area contributed by atoms with Crippen molar-refractivity contribution in [2.75, 3.05) is 5.75 Å². The molecule has 158 valence electrons. The number of para-hydroxylation sites is 1. The van der Waals surface area contributed by atoms with Gasteiger partial charge in [-0.3, -0.25) is 14.2 Å². The highest BCUT2D eigenvalue weighted by atomic mass is 32.2. The number of carbonyl (C=O) groups excluding carboxylic acids is 1.